The molecule has 0 bridgehead atoms. The van der Waals surface area contributed by atoms with Gasteiger partial charge in [0.25, 0.3) is 5.91 Å². The first-order valence-corrected chi connectivity index (χ1v) is 7.19. The van der Waals surface area contributed by atoms with E-state index >= 15 is 0 Å². The van der Waals surface area contributed by atoms with Crippen molar-refractivity contribution < 1.29 is 19.0 Å². The molecule has 0 saturated heterocycles. The Morgan fingerprint density at radius 1 is 1.00 bits per heavy atom. The molecule has 21 heavy (non-hydrogen) atoms. The summed E-state index contributed by atoms with van der Waals surface area (Å²) in [4.78, 5) is 12.3. The van der Waals surface area contributed by atoms with Crippen molar-refractivity contribution in [1.82, 2.24) is 5.32 Å². The number of ether oxygens (including phenoxy) is 3. The summed E-state index contributed by atoms with van der Waals surface area (Å²) in [5.74, 6) is 1.83. The van der Waals surface area contributed by atoms with Crippen LogP contribution >= 0.6 is 0 Å². The fraction of sp³-hybridized carbons (Fsp3) is 0.562. The molecule has 5 heteroatoms. The Kier molecular flexibility index (Phi) is 6.85. The fourth-order valence-electron chi connectivity index (χ4n) is 2.12. The van der Waals surface area contributed by atoms with Gasteiger partial charge in [0, 0.05) is 18.7 Å². The molecule has 0 saturated carbocycles. The number of carbonyl (C=O) groups excluding carboxylic acids is 1. The Labute approximate surface area is 126 Å². The van der Waals surface area contributed by atoms with Crippen LogP contribution in [0.1, 0.15) is 37.0 Å². The summed E-state index contributed by atoms with van der Waals surface area (Å²) < 4.78 is 15.7. The van der Waals surface area contributed by atoms with E-state index in [1.54, 1.807) is 19.2 Å². The van der Waals surface area contributed by atoms with E-state index < -0.39 is 0 Å². The summed E-state index contributed by atoms with van der Waals surface area (Å²) in [6.45, 7) is 4.90. The molecule has 0 aromatic heterocycles. The van der Waals surface area contributed by atoms with Crippen molar-refractivity contribution >= 4 is 5.91 Å². The molecule has 0 atom stereocenters. The minimum Gasteiger partial charge on any atom is -0.496 e. The maximum absolute atomic E-state index is 12.3. The number of carbonyl (C=O) groups is 1. The van der Waals surface area contributed by atoms with Crippen LogP contribution in [0.3, 0.4) is 0 Å². The third kappa shape index (κ3) is 4.28. The zero-order chi connectivity index (χ0) is 15.8. The molecule has 0 aliphatic heterocycles. The van der Waals surface area contributed by atoms with Crippen molar-refractivity contribution in [3.05, 3.63) is 17.7 Å². The highest BCUT2D eigenvalue weighted by Gasteiger charge is 2.18. The van der Waals surface area contributed by atoms with E-state index in [2.05, 4.69) is 19.2 Å². The number of rotatable bonds is 8. The first kappa shape index (κ1) is 17.1. The lowest BCUT2D eigenvalue weighted by molar-refractivity contribution is 0.0943. The molecule has 1 aromatic carbocycles. The molecule has 0 heterocycles. The molecule has 1 aromatic rings. The quantitative estimate of drug-likeness (QED) is 0.801. The Hall–Kier alpha value is -1.91. The van der Waals surface area contributed by atoms with Crippen LogP contribution in [-0.2, 0) is 0 Å². The number of hydrogen-bond acceptors (Lipinski definition) is 4. The highest BCUT2D eigenvalue weighted by molar-refractivity contribution is 5.97. The van der Waals surface area contributed by atoms with Gasteiger partial charge in [0.1, 0.15) is 5.75 Å². The van der Waals surface area contributed by atoms with Crippen LogP contribution in [-0.4, -0.2) is 33.8 Å². The average Bonchev–Trinajstić information content (AvgIpc) is 2.54. The van der Waals surface area contributed by atoms with E-state index in [-0.39, 0.29) is 5.91 Å². The monoisotopic (exact) mass is 295 g/mol. The van der Waals surface area contributed by atoms with Gasteiger partial charge in [0.2, 0.25) is 0 Å². The third-order valence-corrected chi connectivity index (χ3v) is 3.66. The minimum absolute atomic E-state index is 0.167. The summed E-state index contributed by atoms with van der Waals surface area (Å²) in [7, 11) is 4.61. The first-order valence-electron chi connectivity index (χ1n) is 7.19. The van der Waals surface area contributed by atoms with Crippen LogP contribution in [0.2, 0.25) is 0 Å². The predicted molar refractivity (Wildman–Crippen MR) is 82.5 cm³/mol. The van der Waals surface area contributed by atoms with Gasteiger partial charge in [-0.05, 0) is 5.92 Å². The number of hydrogen-bond donors (Lipinski definition) is 1. The van der Waals surface area contributed by atoms with Crippen LogP contribution in [0.25, 0.3) is 0 Å². The molecule has 0 unspecified atom stereocenters. The highest BCUT2D eigenvalue weighted by Crippen LogP contribution is 2.34. The molecule has 0 spiro atoms. The lowest BCUT2D eigenvalue weighted by Crippen LogP contribution is -2.29. The van der Waals surface area contributed by atoms with E-state index in [0.717, 1.165) is 12.8 Å². The van der Waals surface area contributed by atoms with Gasteiger partial charge in [-0.15, -0.1) is 0 Å². The van der Waals surface area contributed by atoms with Gasteiger partial charge >= 0.3 is 0 Å². The van der Waals surface area contributed by atoms with Gasteiger partial charge in [0.05, 0.1) is 26.9 Å². The second-order valence-corrected chi connectivity index (χ2v) is 4.80. The second-order valence-electron chi connectivity index (χ2n) is 4.80. The van der Waals surface area contributed by atoms with Crippen molar-refractivity contribution in [3.8, 4) is 17.2 Å². The number of benzene rings is 1. The van der Waals surface area contributed by atoms with Gasteiger partial charge in [-0.3, -0.25) is 4.79 Å². The molecular weight excluding hydrogens is 270 g/mol. The molecule has 1 rings (SSSR count). The summed E-state index contributed by atoms with van der Waals surface area (Å²) in [5, 5.41) is 2.95. The molecule has 5 nitrogen and oxygen atoms in total. The molecule has 0 aliphatic rings. The van der Waals surface area contributed by atoms with Gasteiger partial charge in [-0.25, -0.2) is 0 Å². The van der Waals surface area contributed by atoms with Gasteiger partial charge < -0.3 is 19.5 Å². The summed E-state index contributed by atoms with van der Waals surface area (Å²) in [6.07, 6.45) is 2.08. The lowest BCUT2D eigenvalue weighted by Gasteiger charge is -2.16. The molecule has 0 aliphatic carbocycles. The number of nitrogens with one attached hydrogen (secondary N) is 1. The Balaban J connectivity index is 2.97. The van der Waals surface area contributed by atoms with Crippen molar-refractivity contribution in [2.75, 3.05) is 27.9 Å². The Morgan fingerprint density at radius 2 is 1.52 bits per heavy atom. The summed E-state index contributed by atoms with van der Waals surface area (Å²) in [5.41, 5.74) is 0.445. The van der Waals surface area contributed by atoms with Crippen LogP contribution < -0.4 is 19.5 Å². The smallest absolute Gasteiger partial charge is 0.255 e. The van der Waals surface area contributed by atoms with E-state index in [9.17, 15) is 4.79 Å². The maximum atomic E-state index is 12.3. The van der Waals surface area contributed by atoms with Crippen LogP contribution in [0.4, 0.5) is 0 Å². The predicted octanol–water partition coefficient (Wildman–Crippen LogP) is 2.88. The minimum atomic E-state index is -0.167. The van der Waals surface area contributed by atoms with E-state index in [0.29, 0.717) is 35.3 Å². The molecule has 0 fully saturated rings. The number of methoxy groups -OCH3 is 3. The highest BCUT2D eigenvalue weighted by atomic mass is 16.5. The van der Waals surface area contributed by atoms with Crippen LogP contribution in [0.15, 0.2) is 12.1 Å². The zero-order valence-electron chi connectivity index (χ0n) is 13.5. The number of amides is 1. The first-order chi connectivity index (χ1) is 10.1. The van der Waals surface area contributed by atoms with E-state index in [1.165, 1.54) is 14.2 Å². The largest absolute Gasteiger partial charge is 0.496 e. The lowest BCUT2D eigenvalue weighted by atomic mass is 10.0. The van der Waals surface area contributed by atoms with Crippen molar-refractivity contribution in [2.45, 2.75) is 26.7 Å². The Bertz CT molecular complexity index is 470. The standard InChI is InChI=1S/C16H25NO4/c1-6-11(7-2)10-17-16(18)12-8-14(20-4)15(21-5)9-13(12)19-3/h8-9,11H,6-7,10H2,1-5H3,(H,17,18). The van der Waals surface area contributed by atoms with Crippen molar-refractivity contribution in [2.24, 2.45) is 5.92 Å². The van der Waals surface area contributed by atoms with Gasteiger partial charge in [-0.1, -0.05) is 26.7 Å². The normalized spacial score (nSPS) is 10.4. The van der Waals surface area contributed by atoms with E-state index in [4.69, 9.17) is 14.2 Å². The average molecular weight is 295 g/mol. The molecule has 118 valence electrons. The SMILES string of the molecule is CCC(CC)CNC(=O)c1cc(OC)c(OC)cc1OC. The maximum Gasteiger partial charge on any atom is 0.255 e. The Morgan fingerprint density at radius 3 is 2.00 bits per heavy atom. The molecule has 0 radical (unpaired) electrons. The van der Waals surface area contributed by atoms with Crippen LogP contribution in [0, 0.1) is 5.92 Å². The molecule has 1 N–H and O–H groups in total. The zero-order valence-corrected chi connectivity index (χ0v) is 13.5. The fourth-order valence-corrected chi connectivity index (χ4v) is 2.12. The topological polar surface area (TPSA) is 56.8 Å². The molecular formula is C16H25NO4. The van der Waals surface area contributed by atoms with Crippen molar-refractivity contribution in [3.63, 3.8) is 0 Å². The summed E-state index contributed by atoms with van der Waals surface area (Å²) in [6, 6.07) is 3.30. The van der Waals surface area contributed by atoms with Crippen LogP contribution in [0.5, 0.6) is 17.2 Å². The summed E-state index contributed by atoms with van der Waals surface area (Å²) >= 11 is 0. The van der Waals surface area contributed by atoms with Gasteiger partial charge in [0.15, 0.2) is 11.5 Å². The van der Waals surface area contributed by atoms with Gasteiger partial charge in [-0.2, -0.15) is 0 Å². The second kappa shape index (κ2) is 8.39. The third-order valence-electron chi connectivity index (χ3n) is 3.66. The van der Waals surface area contributed by atoms with Crippen molar-refractivity contribution in [1.29, 1.82) is 0 Å². The molecule has 1 amide bonds. The van der Waals surface area contributed by atoms with E-state index in [1.807, 2.05) is 0 Å².